The van der Waals surface area contributed by atoms with E-state index in [4.69, 9.17) is 14.2 Å². The van der Waals surface area contributed by atoms with Crippen molar-refractivity contribution in [1.82, 2.24) is 5.32 Å². The van der Waals surface area contributed by atoms with Crippen LogP contribution in [0, 0.1) is 0 Å². The van der Waals surface area contributed by atoms with Crippen LogP contribution in [0.3, 0.4) is 0 Å². The lowest BCUT2D eigenvalue weighted by molar-refractivity contribution is -0.120. The number of nitrogens with one attached hydrogen (secondary N) is 1. The van der Waals surface area contributed by atoms with Gasteiger partial charge < -0.3 is 19.5 Å². The lowest BCUT2D eigenvalue weighted by atomic mass is 9.89. The Balaban J connectivity index is 1.80. The highest BCUT2D eigenvalue weighted by Crippen LogP contribution is 2.41. The number of methoxy groups -OCH3 is 1. The van der Waals surface area contributed by atoms with E-state index in [-0.39, 0.29) is 18.7 Å². The molecule has 0 radical (unpaired) electrons. The number of nitrogens with zero attached hydrogens (tertiary/aromatic N) is 1. The van der Waals surface area contributed by atoms with Crippen LogP contribution in [0.25, 0.3) is 0 Å². The number of carbonyl (C=O) groups excluding carboxylic acids is 1. The third kappa shape index (κ3) is 6.31. The quantitative estimate of drug-likeness (QED) is 0.625. The summed E-state index contributed by atoms with van der Waals surface area (Å²) in [4.78, 5) is 13.0. The highest BCUT2D eigenvalue weighted by molar-refractivity contribution is 7.92. The average Bonchev–Trinajstić information content (AvgIpc) is 2.70. The van der Waals surface area contributed by atoms with E-state index in [0.717, 1.165) is 16.1 Å². The number of fused-ring (bicyclic) bond motifs is 1. The maximum atomic E-state index is 13.0. The Labute approximate surface area is 195 Å². The third-order valence-corrected chi connectivity index (χ3v) is 6.34. The van der Waals surface area contributed by atoms with Crippen molar-refractivity contribution in [2.75, 3.05) is 24.2 Å². The maximum absolute atomic E-state index is 13.0. The van der Waals surface area contributed by atoms with Crippen LogP contribution >= 0.6 is 0 Å². The zero-order chi connectivity index (χ0) is 24.4. The van der Waals surface area contributed by atoms with Gasteiger partial charge >= 0.3 is 0 Å². The summed E-state index contributed by atoms with van der Waals surface area (Å²) < 4.78 is 43.0. The molecule has 0 saturated carbocycles. The van der Waals surface area contributed by atoms with Crippen LogP contribution < -0.4 is 23.8 Å². The molecular formula is C24H32N2O6S. The van der Waals surface area contributed by atoms with Gasteiger partial charge in [0.1, 0.15) is 29.4 Å². The molecule has 1 unspecified atom stereocenters. The molecule has 0 saturated heterocycles. The number of carbonyl (C=O) groups is 1. The molecule has 0 bridgehead atoms. The number of rotatable bonds is 8. The van der Waals surface area contributed by atoms with Gasteiger partial charge in [0.15, 0.2) is 0 Å². The van der Waals surface area contributed by atoms with Crippen molar-refractivity contribution in [3.63, 3.8) is 0 Å². The first-order chi connectivity index (χ1) is 15.4. The third-order valence-electron chi connectivity index (χ3n) is 5.20. The molecule has 0 aliphatic carbocycles. The van der Waals surface area contributed by atoms with Crippen LogP contribution in [0.2, 0.25) is 0 Å². The fourth-order valence-corrected chi connectivity index (χ4v) is 4.68. The molecule has 1 N–H and O–H groups in total. The van der Waals surface area contributed by atoms with Gasteiger partial charge in [-0.05, 0) is 64.1 Å². The van der Waals surface area contributed by atoms with E-state index in [1.165, 1.54) is 0 Å². The molecule has 3 rings (SSSR count). The van der Waals surface area contributed by atoms with Crippen molar-refractivity contribution < 1.29 is 27.4 Å². The van der Waals surface area contributed by atoms with Crippen molar-refractivity contribution in [1.29, 1.82) is 0 Å². The van der Waals surface area contributed by atoms with Gasteiger partial charge in [0, 0.05) is 18.1 Å². The van der Waals surface area contributed by atoms with Crippen LogP contribution in [-0.4, -0.2) is 45.9 Å². The summed E-state index contributed by atoms with van der Waals surface area (Å²) in [5, 5.41) is 2.99. The van der Waals surface area contributed by atoms with Crippen molar-refractivity contribution in [2.24, 2.45) is 0 Å². The molecule has 1 amide bonds. The van der Waals surface area contributed by atoms with Gasteiger partial charge in [0.05, 0.1) is 31.2 Å². The van der Waals surface area contributed by atoms with Crippen molar-refractivity contribution >= 4 is 21.6 Å². The fourth-order valence-electron chi connectivity index (χ4n) is 3.82. The Kier molecular flexibility index (Phi) is 7.11. The summed E-state index contributed by atoms with van der Waals surface area (Å²) in [6.45, 7) is 7.36. The second-order valence-electron chi connectivity index (χ2n) is 9.02. The monoisotopic (exact) mass is 476 g/mol. The normalized spacial score (nSPS) is 17.0. The van der Waals surface area contributed by atoms with E-state index in [1.54, 1.807) is 37.4 Å². The van der Waals surface area contributed by atoms with Crippen molar-refractivity contribution in [3.05, 3.63) is 48.0 Å². The van der Waals surface area contributed by atoms with Gasteiger partial charge in [-0.1, -0.05) is 0 Å². The minimum atomic E-state index is -3.69. The molecule has 0 spiro atoms. The van der Waals surface area contributed by atoms with E-state index in [2.05, 4.69) is 5.32 Å². The smallest absolute Gasteiger partial charge is 0.241 e. The number of sulfonamides is 1. The van der Waals surface area contributed by atoms with Crippen molar-refractivity contribution in [2.45, 2.75) is 51.9 Å². The minimum Gasteiger partial charge on any atom is -0.497 e. The predicted octanol–water partition coefficient (Wildman–Crippen LogP) is 3.67. The summed E-state index contributed by atoms with van der Waals surface area (Å²) in [5.74, 6) is 1.51. The molecule has 2 aromatic carbocycles. The summed E-state index contributed by atoms with van der Waals surface area (Å²) in [6.07, 6.45) is 1.62. The largest absolute Gasteiger partial charge is 0.497 e. The molecule has 1 aliphatic heterocycles. The fraction of sp³-hybridized carbons (Fsp3) is 0.458. The second kappa shape index (κ2) is 9.51. The zero-order valence-corrected chi connectivity index (χ0v) is 20.7. The first-order valence-electron chi connectivity index (χ1n) is 10.8. The van der Waals surface area contributed by atoms with Crippen LogP contribution in [-0.2, 0) is 14.8 Å². The molecule has 1 heterocycles. The molecule has 0 fully saturated rings. The molecule has 2 aromatic rings. The highest BCUT2D eigenvalue weighted by atomic mass is 32.2. The maximum Gasteiger partial charge on any atom is 0.241 e. The second-order valence-corrected chi connectivity index (χ2v) is 10.9. The molecule has 33 heavy (non-hydrogen) atoms. The average molecular weight is 477 g/mol. The highest BCUT2D eigenvalue weighted by Gasteiger charge is 2.35. The Bertz CT molecular complexity index is 1100. The van der Waals surface area contributed by atoms with E-state index in [1.807, 2.05) is 39.8 Å². The summed E-state index contributed by atoms with van der Waals surface area (Å²) >= 11 is 0. The Hall–Kier alpha value is -2.94. The number of benzene rings is 2. The van der Waals surface area contributed by atoms with Gasteiger partial charge in [-0.15, -0.1) is 0 Å². The topological polar surface area (TPSA) is 94.2 Å². The Morgan fingerprint density at radius 3 is 2.39 bits per heavy atom. The number of amides is 1. The van der Waals surface area contributed by atoms with Gasteiger partial charge in [-0.2, -0.15) is 0 Å². The van der Waals surface area contributed by atoms with Crippen LogP contribution in [0.5, 0.6) is 17.2 Å². The number of hydrogen-bond acceptors (Lipinski definition) is 6. The number of anilines is 1. The molecule has 1 aliphatic rings. The van der Waals surface area contributed by atoms with Gasteiger partial charge in [-0.3, -0.25) is 9.10 Å². The lowest BCUT2D eigenvalue weighted by Crippen LogP contribution is -2.45. The lowest BCUT2D eigenvalue weighted by Gasteiger charge is -2.38. The summed E-state index contributed by atoms with van der Waals surface area (Å²) in [6, 6.07) is 11.8. The number of ether oxygens (including phenoxy) is 3. The van der Waals surface area contributed by atoms with Gasteiger partial charge in [0.25, 0.3) is 0 Å². The molecule has 8 nitrogen and oxygen atoms in total. The molecular weight excluding hydrogens is 444 g/mol. The predicted molar refractivity (Wildman–Crippen MR) is 128 cm³/mol. The SMILES string of the molecule is COc1ccc2c(c1)OC(C)(C)CC2NC(=O)CN(c1ccc(OC(C)C)cc1)S(C)(=O)=O. The Morgan fingerprint density at radius 2 is 1.82 bits per heavy atom. The zero-order valence-electron chi connectivity index (χ0n) is 19.9. The standard InChI is InChI=1S/C24H32N2O6S/c1-16(2)31-18-9-7-17(8-10-18)26(33(6,28)29)15-23(27)25-21-14-24(3,4)32-22-13-19(30-5)11-12-20(21)22/h7-13,16,21H,14-15H2,1-6H3,(H,25,27). The van der Waals surface area contributed by atoms with E-state index in [0.29, 0.717) is 29.4 Å². The van der Waals surface area contributed by atoms with Crippen molar-refractivity contribution in [3.8, 4) is 17.2 Å². The summed E-state index contributed by atoms with van der Waals surface area (Å²) in [5.41, 5.74) is 0.700. The molecule has 1 atom stereocenters. The first-order valence-corrected chi connectivity index (χ1v) is 12.6. The molecule has 9 heteroatoms. The van der Waals surface area contributed by atoms with E-state index < -0.39 is 21.5 Å². The van der Waals surface area contributed by atoms with E-state index >= 15 is 0 Å². The number of hydrogen-bond donors (Lipinski definition) is 1. The van der Waals surface area contributed by atoms with E-state index in [9.17, 15) is 13.2 Å². The minimum absolute atomic E-state index is 0.000734. The van der Waals surface area contributed by atoms with Crippen LogP contribution in [0.15, 0.2) is 42.5 Å². The van der Waals surface area contributed by atoms with Crippen LogP contribution in [0.4, 0.5) is 5.69 Å². The van der Waals surface area contributed by atoms with Gasteiger partial charge in [0.2, 0.25) is 15.9 Å². The molecule has 0 aromatic heterocycles. The Morgan fingerprint density at radius 1 is 1.18 bits per heavy atom. The van der Waals surface area contributed by atoms with Crippen LogP contribution in [0.1, 0.15) is 45.7 Å². The van der Waals surface area contributed by atoms with Gasteiger partial charge in [-0.25, -0.2) is 8.42 Å². The first kappa shape index (κ1) is 24.7. The summed E-state index contributed by atoms with van der Waals surface area (Å²) in [7, 11) is -2.11. The molecule has 180 valence electrons.